The Hall–Kier alpha value is -5.86. The smallest absolute Gasteiger partial charge is 0.256 e. The molecule has 2 aliphatic rings. The van der Waals surface area contributed by atoms with Crippen molar-refractivity contribution in [2.45, 2.75) is 50.3 Å². The summed E-state index contributed by atoms with van der Waals surface area (Å²) in [6.07, 6.45) is 4.63. The van der Waals surface area contributed by atoms with Crippen molar-refractivity contribution >= 4 is 78.3 Å². The molecule has 330 valence electrons. The highest BCUT2D eigenvalue weighted by Crippen LogP contribution is 2.37. The number of hydrogen-bond donors (Lipinski definition) is 6. The number of benzene rings is 2. The first-order valence-electron chi connectivity index (χ1n) is 20.0. The standard InChI is InChI=1S/C43H53N9O8S2/c1-24-36(22-32-30-20-28(61(57,58)50(5)6)12-14-34(30)48-40(32)53)46-26(3)38(24)42(55)44-16-10-18-52(9)19-11-17-45-43(56)39-25(2)37(47-27(39)4)23-33-31-21-29(62(59,60)51(7)8)13-15-35(31)49-41(33)54/h12-15,20-23,46-47H,10-11,16-19H2,1-9H3,(H,44,55)(H,45,56)(H,48,53)(H,49,54)/b32-22-,33-23-. The van der Waals surface area contributed by atoms with Crippen molar-refractivity contribution in [2.75, 3.05) is 72.1 Å². The van der Waals surface area contributed by atoms with Crippen LogP contribution in [0.4, 0.5) is 11.4 Å². The summed E-state index contributed by atoms with van der Waals surface area (Å²) in [6.45, 7) is 9.40. The predicted octanol–water partition coefficient (Wildman–Crippen LogP) is 3.93. The van der Waals surface area contributed by atoms with Gasteiger partial charge in [0.1, 0.15) is 0 Å². The summed E-state index contributed by atoms with van der Waals surface area (Å²) in [5.74, 6) is -1.25. The molecule has 4 heterocycles. The van der Waals surface area contributed by atoms with Gasteiger partial charge in [-0.3, -0.25) is 19.2 Å². The first-order chi connectivity index (χ1) is 29.1. The molecule has 2 aliphatic heterocycles. The highest BCUT2D eigenvalue weighted by molar-refractivity contribution is 7.89. The SMILES string of the molecule is Cc1[nH]c(/C=C2\C(=O)Nc3ccc(S(=O)(=O)N(C)C)cc32)c(C)c1C(=O)NCCCN(C)CCCNC(=O)c1c(C)[nH]c(/C=C2\C(=O)Nc3ccc(S(=O)(=O)N(C)C)cc32)c1C. The van der Waals surface area contributed by atoms with Crippen molar-refractivity contribution in [3.8, 4) is 0 Å². The molecule has 2 aromatic carbocycles. The highest BCUT2D eigenvalue weighted by Gasteiger charge is 2.30. The van der Waals surface area contributed by atoms with E-state index in [-0.39, 0.29) is 44.6 Å². The number of amides is 4. The number of carbonyl (C=O) groups excluding carboxylic acids is 4. The Bertz CT molecular complexity index is 2590. The van der Waals surface area contributed by atoms with Crippen molar-refractivity contribution in [3.05, 3.63) is 92.6 Å². The molecule has 0 spiro atoms. The molecule has 0 fully saturated rings. The largest absolute Gasteiger partial charge is 0.358 e. The molecule has 19 heteroatoms. The van der Waals surface area contributed by atoms with Crippen molar-refractivity contribution < 1.29 is 36.0 Å². The molecular weight excluding hydrogens is 835 g/mol. The number of carbonyl (C=O) groups is 4. The average molecular weight is 888 g/mol. The molecule has 0 atom stereocenters. The molecule has 62 heavy (non-hydrogen) atoms. The van der Waals surface area contributed by atoms with Crippen LogP contribution in [-0.2, 0) is 29.6 Å². The van der Waals surface area contributed by atoms with Gasteiger partial charge in [-0.25, -0.2) is 25.4 Å². The highest BCUT2D eigenvalue weighted by atomic mass is 32.2. The zero-order valence-corrected chi connectivity index (χ0v) is 37.9. The molecule has 0 unspecified atom stereocenters. The molecule has 0 bridgehead atoms. The van der Waals surface area contributed by atoms with Crippen LogP contribution in [0, 0.1) is 27.7 Å². The van der Waals surface area contributed by atoms with Crippen LogP contribution in [0.2, 0.25) is 0 Å². The first kappa shape index (κ1) is 45.7. The number of aromatic amines is 2. The summed E-state index contributed by atoms with van der Waals surface area (Å²) >= 11 is 0. The number of fused-ring (bicyclic) bond motifs is 2. The first-order valence-corrected chi connectivity index (χ1v) is 22.8. The maximum Gasteiger partial charge on any atom is 0.256 e. The Morgan fingerprint density at radius 2 is 0.984 bits per heavy atom. The lowest BCUT2D eigenvalue weighted by molar-refractivity contribution is -0.111. The van der Waals surface area contributed by atoms with Crippen LogP contribution >= 0.6 is 0 Å². The van der Waals surface area contributed by atoms with E-state index in [4.69, 9.17) is 0 Å². The average Bonchev–Trinajstić information content (AvgIpc) is 3.89. The van der Waals surface area contributed by atoms with Crippen LogP contribution in [0.25, 0.3) is 23.3 Å². The van der Waals surface area contributed by atoms with E-state index >= 15 is 0 Å². The molecule has 2 aromatic heterocycles. The number of hydrogen-bond acceptors (Lipinski definition) is 9. The van der Waals surface area contributed by atoms with E-state index in [2.05, 4.69) is 36.1 Å². The quantitative estimate of drug-likeness (QED) is 0.0707. The number of anilines is 2. The van der Waals surface area contributed by atoms with Gasteiger partial charge in [0, 0.05) is 86.6 Å². The Labute approximate surface area is 362 Å². The molecule has 4 amide bonds. The topological polar surface area (TPSA) is 226 Å². The van der Waals surface area contributed by atoms with Crippen LogP contribution in [0.1, 0.15) is 78.6 Å². The van der Waals surface area contributed by atoms with Crippen LogP contribution in [-0.4, -0.2) is 125 Å². The van der Waals surface area contributed by atoms with Gasteiger partial charge in [-0.1, -0.05) is 0 Å². The number of aryl methyl sites for hydroxylation is 2. The second-order valence-corrected chi connectivity index (χ2v) is 20.2. The maximum absolute atomic E-state index is 13.3. The number of sulfonamides is 2. The lowest BCUT2D eigenvalue weighted by atomic mass is 10.0. The van der Waals surface area contributed by atoms with E-state index in [0.717, 1.165) is 8.61 Å². The van der Waals surface area contributed by atoms with E-state index in [0.29, 0.717) is 107 Å². The van der Waals surface area contributed by atoms with Gasteiger partial charge in [0.05, 0.1) is 32.1 Å². The molecule has 4 aromatic rings. The van der Waals surface area contributed by atoms with E-state index < -0.39 is 20.0 Å². The van der Waals surface area contributed by atoms with Crippen LogP contribution < -0.4 is 21.3 Å². The summed E-state index contributed by atoms with van der Waals surface area (Å²) in [5, 5.41) is 11.5. The lowest BCUT2D eigenvalue weighted by Crippen LogP contribution is -2.31. The second kappa shape index (κ2) is 17.9. The Morgan fingerprint density at radius 3 is 1.34 bits per heavy atom. The molecule has 6 N–H and O–H groups in total. The Kier molecular flexibility index (Phi) is 13.2. The zero-order valence-electron chi connectivity index (χ0n) is 36.3. The van der Waals surface area contributed by atoms with Crippen LogP contribution in [0.15, 0.2) is 46.2 Å². The molecule has 0 radical (unpaired) electrons. The summed E-state index contributed by atoms with van der Waals surface area (Å²) in [7, 11) is 0.293. The van der Waals surface area contributed by atoms with E-state index in [1.165, 1.54) is 52.5 Å². The van der Waals surface area contributed by atoms with Gasteiger partial charge in [0.15, 0.2) is 0 Å². The molecule has 17 nitrogen and oxygen atoms in total. The normalized spacial score (nSPS) is 15.2. The summed E-state index contributed by atoms with van der Waals surface area (Å²) in [4.78, 5) is 61.2. The minimum atomic E-state index is -3.72. The van der Waals surface area contributed by atoms with E-state index in [1.807, 2.05) is 7.05 Å². The van der Waals surface area contributed by atoms with Crippen molar-refractivity contribution in [2.24, 2.45) is 0 Å². The second-order valence-electron chi connectivity index (χ2n) is 15.9. The minimum Gasteiger partial charge on any atom is -0.358 e. The number of nitrogens with one attached hydrogen (secondary N) is 6. The third-order valence-electron chi connectivity index (χ3n) is 11.1. The van der Waals surface area contributed by atoms with Gasteiger partial charge in [-0.2, -0.15) is 0 Å². The van der Waals surface area contributed by atoms with E-state index in [1.54, 1.807) is 52.0 Å². The van der Waals surface area contributed by atoms with Gasteiger partial charge >= 0.3 is 0 Å². The number of aromatic nitrogens is 2. The minimum absolute atomic E-state index is 0.0631. The Balaban J connectivity index is 0.986. The van der Waals surface area contributed by atoms with Gasteiger partial charge in [0.2, 0.25) is 20.0 Å². The number of nitrogens with zero attached hydrogens (tertiary/aromatic N) is 3. The third kappa shape index (κ3) is 9.03. The maximum atomic E-state index is 13.3. The lowest BCUT2D eigenvalue weighted by Gasteiger charge is -2.17. The van der Waals surface area contributed by atoms with Gasteiger partial charge in [0.25, 0.3) is 23.6 Å². The number of H-pyrrole nitrogens is 2. The van der Waals surface area contributed by atoms with Gasteiger partial charge in [-0.15, -0.1) is 0 Å². The molecule has 0 saturated heterocycles. The van der Waals surface area contributed by atoms with Crippen LogP contribution in [0.3, 0.4) is 0 Å². The number of rotatable bonds is 16. The van der Waals surface area contributed by atoms with Crippen molar-refractivity contribution in [3.63, 3.8) is 0 Å². The summed E-state index contributed by atoms with van der Waals surface area (Å²) < 4.78 is 53.3. The van der Waals surface area contributed by atoms with Crippen molar-refractivity contribution in [1.29, 1.82) is 0 Å². The molecule has 6 rings (SSSR count). The fraction of sp³-hybridized carbons (Fsp3) is 0.349. The third-order valence-corrected chi connectivity index (χ3v) is 14.7. The predicted molar refractivity (Wildman–Crippen MR) is 240 cm³/mol. The molecule has 0 aliphatic carbocycles. The van der Waals surface area contributed by atoms with Gasteiger partial charge < -0.3 is 36.1 Å². The van der Waals surface area contributed by atoms with Crippen LogP contribution in [0.5, 0.6) is 0 Å². The van der Waals surface area contributed by atoms with E-state index in [9.17, 15) is 36.0 Å². The summed E-state index contributed by atoms with van der Waals surface area (Å²) in [6, 6.07) is 8.99. The fourth-order valence-corrected chi connectivity index (χ4v) is 9.42. The monoisotopic (exact) mass is 887 g/mol. The Morgan fingerprint density at radius 1 is 0.613 bits per heavy atom. The van der Waals surface area contributed by atoms with Crippen molar-refractivity contribution in [1.82, 2.24) is 34.1 Å². The fourth-order valence-electron chi connectivity index (χ4n) is 7.56. The zero-order chi connectivity index (χ0) is 45.4. The van der Waals surface area contributed by atoms with Gasteiger partial charge in [-0.05, 0) is 120 Å². The summed E-state index contributed by atoms with van der Waals surface area (Å²) in [5.41, 5.74) is 7.15. The molecular formula is C43H53N9O8S2. The molecule has 0 saturated carbocycles.